The van der Waals surface area contributed by atoms with Gasteiger partial charge in [-0.25, -0.2) is 0 Å². The van der Waals surface area contributed by atoms with E-state index in [-0.39, 0.29) is 11.3 Å². The predicted octanol–water partition coefficient (Wildman–Crippen LogP) is 3.83. The lowest BCUT2D eigenvalue weighted by Crippen LogP contribution is -2.03. The van der Waals surface area contributed by atoms with E-state index in [2.05, 4.69) is 0 Å². The number of nitro groups is 1. The highest BCUT2D eigenvalue weighted by molar-refractivity contribution is 6.09. The average Bonchev–Trinajstić information content (AvgIpc) is 2.48. The Morgan fingerprint density at radius 1 is 1.10 bits per heavy atom. The highest BCUT2D eigenvalue weighted by Crippen LogP contribution is 2.20. The lowest BCUT2D eigenvalue weighted by molar-refractivity contribution is -0.387. The van der Waals surface area contributed by atoms with E-state index in [4.69, 9.17) is 11.1 Å². The number of rotatable bonds is 3. The molecule has 0 amide bonds. The molecule has 0 saturated heterocycles. The zero-order chi connectivity index (χ0) is 15.8. The molecule has 0 spiro atoms. The highest BCUT2D eigenvalue weighted by atomic mass is 19.1. The van der Waals surface area contributed by atoms with Crippen LogP contribution >= 0.6 is 0 Å². The van der Waals surface area contributed by atoms with Crippen molar-refractivity contribution in [1.29, 1.82) is 0 Å². The van der Waals surface area contributed by atoms with Gasteiger partial charge < -0.3 is 11.1 Å². The van der Waals surface area contributed by atoms with Gasteiger partial charge in [0.1, 0.15) is 0 Å². The summed E-state index contributed by atoms with van der Waals surface area (Å²) in [6, 6.07) is 11.4. The lowest BCUT2D eigenvalue weighted by Gasteiger charge is -2.01. The molecule has 0 aliphatic carbocycles. The fraction of sp³-hybridized carbons (Fsp3) is 0. The molecule has 0 unspecified atom stereocenters. The van der Waals surface area contributed by atoms with Crippen LogP contribution in [0, 0.1) is 15.9 Å². The van der Waals surface area contributed by atoms with Crippen molar-refractivity contribution in [3.8, 4) is 0 Å². The first-order chi connectivity index (χ1) is 10.0. The minimum absolute atomic E-state index is 0.0919. The van der Waals surface area contributed by atoms with Crippen molar-refractivity contribution in [2.24, 2.45) is 0 Å². The van der Waals surface area contributed by atoms with Crippen LogP contribution in [0.2, 0.25) is 0 Å². The van der Waals surface area contributed by atoms with E-state index >= 15 is 0 Å². The van der Waals surface area contributed by atoms with Gasteiger partial charge in [-0.05, 0) is 12.1 Å². The number of nitrogens with zero attached hydrogens (tertiary/aromatic N) is 4. The molecule has 0 heterocycles. The Hall–Kier alpha value is -3.25. The summed E-state index contributed by atoms with van der Waals surface area (Å²) in [4.78, 5) is 23.2. The third-order valence-corrected chi connectivity index (χ3v) is 2.44. The molecule has 2 aromatic carbocycles. The lowest BCUT2D eigenvalue weighted by atomic mass is 10.0. The normalized spacial score (nSPS) is 9.00. The van der Waals surface area contributed by atoms with Gasteiger partial charge in [0.05, 0.1) is 4.92 Å². The molecular formula is C13H8FN4O3-. The molecule has 21 heavy (non-hydrogen) atoms. The number of benzene rings is 2. The van der Waals surface area contributed by atoms with Crippen LogP contribution in [-0.2, 0) is 0 Å². The van der Waals surface area contributed by atoms with E-state index in [1.807, 2.05) is 0 Å². The Morgan fingerprint density at radius 3 is 2.19 bits per heavy atom. The maximum absolute atomic E-state index is 13.1. The Kier molecular flexibility index (Phi) is 5.54. The van der Waals surface area contributed by atoms with Crippen LogP contribution in [0.25, 0.3) is 16.0 Å². The number of hydrogen-bond acceptors (Lipinski definition) is 3. The fourth-order valence-electron chi connectivity index (χ4n) is 1.55. The number of nitro benzene ring substituents is 1. The number of ketones is 1. The maximum Gasteiger partial charge on any atom is 0.305 e. The van der Waals surface area contributed by atoms with Crippen molar-refractivity contribution in [1.82, 2.24) is 0 Å². The summed E-state index contributed by atoms with van der Waals surface area (Å²) >= 11 is 0. The minimum Gasteiger partial charge on any atom is -0.373 e. The molecule has 106 valence electrons. The van der Waals surface area contributed by atoms with Crippen LogP contribution in [-0.4, -0.2) is 10.7 Å². The molecule has 0 atom stereocenters. The van der Waals surface area contributed by atoms with Gasteiger partial charge in [-0.2, -0.15) is 4.39 Å². The van der Waals surface area contributed by atoms with Crippen molar-refractivity contribution in [3.05, 3.63) is 91.6 Å². The Labute approximate surface area is 118 Å². The molecule has 0 aromatic heterocycles. The molecule has 0 N–H and O–H groups in total. The molecule has 8 heteroatoms. The molecule has 0 aliphatic rings. The van der Waals surface area contributed by atoms with Gasteiger partial charge in [-0.15, -0.1) is 0 Å². The zero-order valence-corrected chi connectivity index (χ0v) is 10.5. The average molecular weight is 287 g/mol. The second-order valence-electron chi connectivity index (χ2n) is 3.71. The topological polar surface area (TPSA) is 119 Å². The fourth-order valence-corrected chi connectivity index (χ4v) is 1.55. The van der Waals surface area contributed by atoms with Crippen molar-refractivity contribution < 1.29 is 14.1 Å². The molecular weight excluding hydrogens is 279 g/mol. The second kappa shape index (κ2) is 7.37. The first-order valence-electron chi connectivity index (χ1n) is 5.53. The molecule has 0 aliphatic heterocycles. The SMILES string of the molecule is O=C(c1ccccc1)c1ccc(F)c([N+](=O)[O-])c1.[N-]=[N+]=[N-]. The molecule has 2 aromatic rings. The third kappa shape index (κ3) is 4.12. The summed E-state index contributed by atoms with van der Waals surface area (Å²) in [6.07, 6.45) is 0. The summed E-state index contributed by atoms with van der Waals surface area (Å²) in [5, 5.41) is 10.6. The van der Waals surface area contributed by atoms with E-state index in [0.29, 0.717) is 5.56 Å². The van der Waals surface area contributed by atoms with Gasteiger partial charge in [0.15, 0.2) is 5.78 Å². The van der Waals surface area contributed by atoms with E-state index in [9.17, 15) is 19.3 Å². The van der Waals surface area contributed by atoms with Gasteiger partial charge in [0.25, 0.3) is 0 Å². The third-order valence-electron chi connectivity index (χ3n) is 2.44. The predicted molar refractivity (Wildman–Crippen MR) is 73.0 cm³/mol. The van der Waals surface area contributed by atoms with E-state index in [0.717, 1.165) is 12.1 Å². The molecule has 0 radical (unpaired) electrons. The molecule has 2 rings (SSSR count). The number of carbonyl (C=O) groups is 1. The molecule has 0 saturated carbocycles. The van der Waals surface area contributed by atoms with E-state index in [1.54, 1.807) is 30.3 Å². The standard InChI is InChI=1S/C13H8FNO3.N3/c14-11-7-6-10(8-12(11)15(17)18)13(16)9-4-2-1-3-5-9;1-3-2/h1-8H;/q;-1. The molecule has 7 nitrogen and oxygen atoms in total. The number of hydrogen-bond donors (Lipinski definition) is 0. The van der Waals surface area contributed by atoms with Crippen molar-refractivity contribution in [2.45, 2.75) is 0 Å². The van der Waals surface area contributed by atoms with Crippen LogP contribution in [0.3, 0.4) is 0 Å². The summed E-state index contributed by atoms with van der Waals surface area (Å²) in [5.74, 6) is -1.33. The summed E-state index contributed by atoms with van der Waals surface area (Å²) in [6.45, 7) is 0. The largest absolute Gasteiger partial charge is 0.373 e. The number of carbonyl (C=O) groups excluding carboxylic acids is 1. The quantitative estimate of drug-likeness (QED) is 0.213. The van der Waals surface area contributed by atoms with E-state index < -0.39 is 16.4 Å². The van der Waals surface area contributed by atoms with Crippen LogP contribution in [0.4, 0.5) is 10.1 Å². The van der Waals surface area contributed by atoms with Gasteiger partial charge in [0.2, 0.25) is 5.82 Å². The zero-order valence-electron chi connectivity index (χ0n) is 10.5. The van der Waals surface area contributed by atoms with Gasteiger partial charge in [-0.1, -0.05) is 30.3 Å². The van der Waals surface area contributed by atoms with Crippen molar-refractivity contribution in [2.75, 3.05) is 0 Å². The van der Waals surface area contributed by atoms with E-state index in [1.165, 1.54) is 11.0 Å². The monoisotopic (exact) mass is 287 g/mol. The summed E-state index contributed by atoms with van der Waals surface area (Å²) in [7, 11) is 0. The van der Waals surface area contributed by atoms with Crippen LogP contribution in [0.15, 0.2) is 48.5 Å². The molecule has 0 bridgehead atoms. The smallest absolute Gasteiger partial charge is 0.305 e. The Morgan fingerprint density at radius 2 is 1.67 bits per heavy atom. The second-order valence-corrected chi connectivity index (χ2v) is 3.71. The number of halogens is 1. The van der Waals surface area contributed by atoms with Crippen LogP contribution in [0.1, 0.15) is 15.9 Å². The first kappa shape index (κ1) is 15.8. The van der Waals surface area contributed by atoms with Gasteiger partial charge in [0, 0.05) is 17.2 Å². The van der Waals surface area contributed by atoms with Crippen molar-refractivity contribution >= 4 is 11.5 Å². The summed E-state index contributed by atoms with van der Waals surface area (Å²) < 4.78 is 13.1. The first-order valence-corrected chi connectivity index (χ1v) is 5.53. The molecule has 0 fully saturated rings. The van der Waals surface area contributed by atoms with Crippen LogP contribution < -0.4 is 0 Å². The van der Waals surface area contributed by atoms with Gasteiger partial charge in [-0.3, -0.25) is 19.8 Å². The maximum atomic E-state index is 13.1. The van der Waals surface area contributed by atoms with Crippen molar-refractivity contribution in [3.63, 3.8) is 0 Å². The van der Waals surface area contributed by atoms with Gasteiger partial charge >= 0.3 is 5.69 Å². The minimum atomic E-state index is -0.954. The van der Waals surface area contributed by atoms with Crippen LogP contribution in [0.5, 0.6) is 0 Å². The summed E-state index contributed by atoms with van der Waals surface area (Å²) in [5.41, 5.74) is 13.3. The Bertz CT molecular complexity index is 698. The highest BCUT2D eigenvalue weighted by Gasteiger charge is 2.18. The Balaban J connectivity index is 0.000000677.